The molecule has 1 aromatic carbocycles. The van der Waals surface area contributed by atoms with E-state index in [1.54, 1.807) is 12.3 Å². The van der Waals surface area contributed by atoms with Crippen LogP contribution >= 0.6 is 0 Å². The van der Waals surface area contributed by atoms with Gasteiger partial charge in [0.2, 0.25) is 10.0 Å². The molecule has 2 N–H and O–H groups in total. The molecular weight excluding hydrogens is 288 g/mol. The SMILES string of the molecule is CCn1nccc1CNc1ccc(NS(C)(=O)=O)c(C)c1. The Labute approximate surface area is 125 Å². The second kappa shape index (κ2) is 6.17. The molecule has 21 heavy (non-hydrogen) atoms. The van der Waals surface area contributed by atoms with Gasteiger partial charge in [0.05, 0.1) is 24.2 Å². The fraction of sp³-hybridized carbons (Fsp3) is 0.357. The topological polar surface area (TPSA) is 76.0 Å². The van der Waals surface area contributed by atoms with Crippen molar-refractivity contribution in [3.8, 4) is 0 Å². The van der Waals surface area contributed by atoms with Crippen molar-refractivity contribution >= 4 is 21.4 Å². The lowest BCUT2D eigenvalue weighted by molar-refractivity contribution is 0.607. The summed E-state index contributed by atoms with van der Waals surface area (Å²) in [5, 5.41) is 7.53. The normalized spacial score (nSPS) is 11.4. The molecule has 7 heteroatoms. The molecule has 0 aliphatic heterocycles. The van der Waals surface area contributed by atoms with Crippen LogP contribution in [0.25, 0.3) is 0 Å². The number of nitrogens with one attached hydrogen (secondary N) is 2. The van der Waals surface area contributed by atoms with E-state index in [-0.39, 0.29) is 0 Å². The maximum absolute atomic E-state index is 11.3. The lowest BCUT2D eigenvalue weighted by Gasteiger charge is -2.12. The predicted octanol–water partition coefficient (Wildman–Crippen LogP) is 2.20. The summed E-state index contributed by atoms with van der Waals surface area (Å²) in [5.74, 6) is 0. The van der Waals surface area contributed by atoms with Crippen molar-refractivity contribution in [1.29, 1.82) is 0 Å². The van der Waals surface area contributed by atoms with E-state index in [0.29, 0.717) is 12.2 Å². The van der Waals surface area contributed by atoms with E-state index in [2.05, 4.69) is 15.1 Å². The van der Waals surface area contributed by atoms with Gasteiger partial charge in [0.1, 0.15) is 0 Å². The summed E-state index contributed by atoms with van der Waals surface area (Å²) in [7, 11) is -3.25. The molecule has 0 saturated heterocycles. The summed E-state index contributed by atoms with van der Waals surface area (Å²) in [5.41, 5.74) is 3.51. The molecule has 0 bridgehead atoms. The third kappa shape index (κ3) is 4.22. The van der Waals surface area contributed by atoms with Gasteiger partial charge >= 0.3 is 0 Å². The first-order valence-electron chi connectivity index (χ1n) is 6.72. The fourth-order valence-corrected chi connectivity index (χ4v) is 2.70. The second-order valence-corrected chi connectivity index (χ2v) is 6.64. The van der Waals surface area contributed by atoms with Gasteiger partial charge in [-0.3, -0.25) is 9.40 Å². The second-order valence-electron chi connectivity index (χ2n) is 4.90. The number of aryl methyl sites for hydroxylation is 2. The molecule has 0 radical (unpaired) electrons. The Balaban J connectivity index is 2.07. The summed E-state index contributed by atoms with van der Waals surface area (Å²) < 4.78 is 26.9. The molecule has 1 aromatic heterocycles. The van der Waals surface area contributed by atoms with Gasteiger partial charge in [0.25, 0.3) is 0 Å². The lowest BCUT2D eigenvalue weighted by atomic mass is 10.2. The molecular formula is C14H20N4O2S. The van der Waals surface area contributed by atoms with Gasteiger partial charge in [-0.15, -0.1) is 0 Å². The Morgan fingerprint density at radius 3 is 2.67 bits per heavy atom. The molecule has 1 heterocycles. The van der Waals surface area contributed by atoms with Crippen molar-refractivity contribution in [2.24, 2.45) is 0 Å². The van der Waals surface area contributed by atoms with Gasteiger partial charge in [-0.2, -0.15) is 5.10 Å². The summed E-state index contributed by atoms with van der Waals surface area (Å²) in [6.07, 6.45) is 2.93. The average molecular weight is 308 g/mol. The van der Waals surface area contributed by atoms with Crippen molar-refractivity contribution in [2.45, 2.75) is 26.9 Å². The van der Waals surface area contributed by atoms with E-state index in [0.717, 1.165) is 29.7 Å². The smallest absolute Gasteiger partial charge is 0.229 e. The van der Waals surface area contributed by atoms with Crippen molar-refractivity contribution in [3.05, 3.63) is 41.7 Å². The van der Waals surface area contributed by atoms with Gasteiger partial charge in [0.15, 0.2) is 0 Å². The third-order valence-electron chi connectivity index (χ3n) is 3.10. The van der Waals surface area contributed by atoms with Crippen LogP contribution < -0.4 is 10.0 Å². The molecule has 0 fully saturated rings. The highest BCUT2D eigenvalue weighted by molar-refractivity contribution is 7.92. The quantitative estimate of drug-likeness (QED) is 0.857. The maximum Gasteiger partial charge on any atom is 0.229 e. The highest BCUT2D eigenvalue weighted by Gasteiger charge is 2.06. The van der Waals surface area contributed by atoms with Crippen LogP contribution in [0.3, 0.4) is 0 Å². The van der Waals surface area contributed by atoms with Gasteiger partial charge in [-0.05, 0) is 43.7 Å². The van der Waals surface area contributed by atoms with Crippen molar-refractivity contribution in [1.82, 2.24) is 9.78 Å². The molecule has 0 spiro atoms. The number of sulfonamides is 1. The Morgan fingerprint density at radius 2 is 2.05 bits per heavy atom. The molecule has 0 aliphatic rings. The van der Waals surface area contributed by atoms with Crippen LogP contribution in [-0.4, -0.2) is 24.5 Å². The number of hydrogen-bond donors (Lipinski definition) is 2. The van der Waals surface area contributed by atoms with Crippen LogP contribution in [0.4, 0.5) is 11.4 Å². The van der Waals surface area contributed by atoms with E-state index in [1.165, 1.54) is 0 Å². The fourth-order valence-electron chi connectivity index (χ4n) is 2.08. The zero-order valence-corrected chi connectivity index (χ0v) is 13.2. The summed E-state index contributed by atoms with van der Waals surface area (Å²) >= 11 is 0. The molecule has 0 aliphatic carbocycles. The first kappa shape index (κ1) is 15.4. The standard InChI is InChI=1S/C14H20N4O2S/c1-4-18-13(7-8-16-18)10-15-12-5-6-14(11(2)9-12)17-21(3,19)20/h5-9,15,17H,4,10H2,1-3H3. The zero-order valence-electron chi connectivity index (χ0n) is 12.4. The minimum absolute atomic E-state index is 0.599. The highest BCUT2D eigenvalue weighted by Crippen LogP contribution is 2.21. The number of aromatic nitrogens is 2. The van der Waals surface area contributed by atoms with Gasteiger partial charge in [-0.25, -0.2) is 8.42 Å². The molecule has 114 valence electrons. The molecule has 0 unspecified atom stereocenters. The number of benzene rings is 1. The Kier molecular flexibility index (Phi) is 4.52. The predicted molar refractivity (Wildman–Crippen MR) is 84.9 cm³/mol. The molecule has 0 atom stereocenters. The van der Waals surface area contributed by atoms with Crippen LogP contribution in [0.2, 0.25) is 0 Å². The molecule has 2 aromatic rings. The number of rotatable bonds is 6. The van der Waals surface area contributed by atoms with Crippen LogP contribution in [0.15, 0.2) is 30.5 Å². The Bertz CT molecular complexity index is 722. The van der Waals surface area contributed by atoms with Crippen molar-refractivity contribution < 1.29 is 8.42 Å². The summed E-state index contributed by atoms with van der Waals surface area (Å²) in [6.45, 7) is 5.42. The molecule has 0 saturated carbocycles. The molecule has 6 nitrogen and oxygen atoms in total. The van der Waals surface area contributed by atoms with Crippen molar-refractivity contribution in [2.75, 3.05) is 16.3 Å². The summed E-state index contributed by atoms with van der Waals surface area (Å²) in [6, 6.07) is 7.51. The van der Waals surface area contributed by atoms with Gasteiger partial charge < -0.3 is 5.32 Å². The highest BCUT2D eigenvalue weighted by atomic mass is 32.2. The zero-order chi connectivity index (χ0) is 15.5. The maximum atomic E-state index is 11.3. The van der Waals surface area contributed by atoms with E-state index in [9.17, 15) is 8.42 Å². The summed E-state index contributed by atoms with van der Waals surface area (Å²) in [4.78, 5) is 0. The van der Waals surface area contributed by atoms with Crippen LogP contribution in [0, 0.1) is 6.92 Å². The van der Waals surface area contributed by atoms with Crippen LogP contribution in [0.1, 0.15) is 18.2 Å². The largest absolute Gasteiger partial charge is 0.379 e. The van der Waals surface area contributed by atoms with Crippen LogP contribution in [-0.2, 0) is 23.1 Å². The number of anilines is 2. The van der Waals surface area contributed by atoms with E-state index >= 15 is 0 Å². The minimum Gasteiger partial charge on any atom is -0.379 e. The van der Waals surface area contributed by atoms with Crippen molar-refractivity contribution in [3.63, 3.8) is 0 Å². The molecule has 0 amide bonds. The van der Waals surface area contributed by atoms with Gasteiger partial charge in [-0.1, -0.05) is 0 Å². The first-order valence-corrected chi connectivity index (χ1v) is 8.61. The van der Waals surface area contributed by atoms with E-state index in [4.69, 9.17) is 0 Å². The first-order chi connectivity index (χ1) is 9.89. The Hall–Kier alpha value is -2.02. The minimum atomic E-state index is -3.25. The van der Waals surface area contributed by atoms with E-state index < -0.39 is 10.0 Å². The monoisotopic (exact) mass is 308 g/mol. The number of hydrogen-bond acceptors (Lipinski definition) is 4. The lowest BCUT2D eigenvalue weighted by Crippen LogP contribution is -2.11. The van der Waals surface area contributed by atoms with E-state index in [1.807, 2.05) is 36.7 Å². The molecule has 2 rings (SSSR count). The Morgan fingerprint density at radius 1 is 1.29 bits per heavy atom. The van der Waals surface area contributed by atoms with Gasteiger partial charge in [0, 0.05) is 18.4 Å². The average Bonchev–Trinajstić information content (AvgIpc) is 2.85. The third-order valence-corrected chi connectivity index (χ3v) is 3.69. The van der Waals surface area contributed by atoms with Crippen LogP contribution in [0.5, 0.6) is 0 Å². The number of nitrogens with zero attached hydrogens (tertiary/aromatic N) is 2.